The maximum atomic E-state index is 12.1. The van der Waals surface area contributed by atoms with E-state index in [9.17, 15) is 14.7 Å². The molecule has 1 saturated carbocycles. The summed E-state index contributed by atoms with van der Waals surface area (Å²) in [7, 11) is 0. The maximum Gasteiger partial charge on any atom is 0.239 e. The van der Waals surface area contributed by atoms with Crippen molar-refractivity contribution in [2.24, 2.45) is 0 Å². The average molecular weight is 256 g/mol. The molecule has 1 aliphatic carbocycles. The molecule has 2 N–H and O–H groups in total. The number of hydrogen-bond acceptors (Lipinski definition) is 3. The van der Waals surface area contributed by atoms with Crippen LogP contribution in [-0.2, 0) is 9.59 Å². The third-order valence-corrected chi connectivity index (χ3v) is 3.46. The molecule has 104 valence electrons. The van der Waals surface area contributed by atoms with Crippen LogP contribution in [-0.4, -0.2) is 47.1 Å². The summed E-state index contributed by atoms with van der Waals surface area (Å²) in [5.41, 5.74) is -0.842. The Hall–Kier alpha value is -1.10. The Labute approximate surface area is 109 Å². The first kappa shape index (κ1) is 15.0. The quantitative estimate of drug-likeness (QED) is 0.733. The van der Waals surface area contributed by atoms with Crippen LogP contribution in [0.15, 0.2) is 0 Å². The second-order valence-electron chi connectivity index (χ2n) is 4.97. The van der Waals surface area contributed by atoms with E-state index in [4.69, 9.17) is 0 Å². The Morgan fingerprint density at radius 3 is 2.39 bits per heavy atom. The molecular formula is C13H24N2O3. The monoisotopic (exact) mass is 256 g/mol. The zero-order valence-corrected chi connectivity index (χ0v) is 11.4. The molecule has 0 atom stereocenters. The van der Waals surface area contributed by atoms with E-state index >= 15 is 0 Å². The van der Waals surface area contributed by atoms with Gasteiger partial charge in [-0.05, 0) is 26.7 Å². The number of likely N-dealkylation sites (N-methyl/N-ethyl adjacent to an activating group) is 2. The molecule has 18 heavy (non-hydrogen) atoms. The molecule has 1 rings (SSSR count). The Bertz CT molecular complexity index is 299. The van der Waals surface area contributed by atoms with Gasteiger partial charge in [-0.1, -0.05) is 12.8 Å². The molecule has 5 nitrogen and oxygen atoms in total. The lowest BCUT2D eigenvalue weighted by Gasteiger charge is -2.26. The fraction of sp³-hybridized carbons (Fsp3) is 0.846. The fourth-order valence-electron chi connectivity index (χ4n) is 2.41. The molecule has 1 aliphatic rings. The van der Waals surface area contributed by atoms with Crippen molar-refractivity contribution in [3.8, 4) is 0 Å². The Balaban J connectivity index is 2.48. The molecule has 0 radical (unpaired) electrons. The second kappa shape index (κ2) is 6.73. The Kier molecular flexibility index (Phi) is 5.59. The van der Waals surface area contributed by atoms with E-state index in [-0.39, 0.29) is 24.8 Å². The van der Waals surface area contributed by atoms with Crippen LogP contribution in [0.3, 0.4) is 0 Å². The molecule has 0 bridgehead atoms. The van der Waals surface area contributed by atoms with Crippen LogP contribution in [0.25, 0.3) is 0 Å². The summed E-state index contributed by atoms with van der Waals surface area (Å²) in [6.45, 7) is 4.83. The Morgan fingerprint density at radius 1 is 1.28 bits per heavy atom. The zero-order chi connectivity index (χ0) is 13.6. The first-order valence-electron chi connectivity index (χ1n) is 6.77. The maximum absolute atomic E-state index is 12.1. The predicted octanol–water partition coefficient (Wildman–Crippen LogP) is 0.666. The smallest absolute Gasteiger partial charge is 0.239 e. The van der Waals surface area contributed by atoms with Crippen LogP contribution in [0.2, 0.25) is 0 Å². The molecule has 0 aromatic heterocycles. The van der Waals surface area contributed by atoms with E-state index in [0.717, 1.165) is 12.8 Å². The van der Waals surface area contributed by atoms with Crippen molar-refractivity contribution >= 4 is 11.8 Å². The minimum absolute atomic E-state index is 0.0826. The van der Waals surface area contributed by atoms with E-state index in [1.54, 1.807) is 0 Å². The highest BCUT2D eigenvalue weighted by Crippen LogP contribution is 2.32. The molecule has 2 amide bonds. The third-order valence-electron chi connectivity index (χ3n) is 3.46. The summed E-state index contributed by atoms with van der Waals surface area (Å²) >= 11 is 0. The number of aliphatic hydroxyl groups is 1. The second-order valence-corrected chi connectivity index (χ2v) is 4.97. The van der Waals surface area contributed by atoms with Gasteiger partial charge in [-0.15, -0.1) is 0 Å². The summed E-state index contributed by atoms with van der Waals surface area (Å²) in [4.78, 5) is 25.0. The van der Waals surface area contributed by atoms with Gasteiger partial charge in [0.25, 0.3) is 0 Å². The van der Waals surface area contributed by atoms with Crippen LogP contribution in [0.4, 0.5) is 0 Å². The fourth-order valence-corrected chi connectivity index (χ4v) is 2.41. The van der Waals surface area contributed by atoms with Crippen LogP contribution in [0.1, 0.15) is 46.0 Å². The number of nitrogens with one attached hydrogen (secondary N) is 1. The third kappa shape index (κ3) is 4.29. The van der Waals surface area contributed by atoms with Crippen molar-refractivity contribution in [3.05, 3.63) is 0 Å². The van der Waals surface area contributed by atoms with Crippen molar-refractivity contribution in [1.29, 1.82) is 0 Å². The largest absolute Gasteiger partial charge is 0.389 e. The van der Waals surface area contributed by atoms with Gasteiger partial charge in [0, 0.05) is 13.1 Å². The van der Waals surface area contributed by atoms with Gasteiger partial charge in [-0.2, -0.15) is 0 Å². The summed E-state index contributed by atoms with van der Waals surface area (Å²) in [5, 5.41) is 12.9. The van der Waals surface area contributed by atoms with Gasteiger partial charge < -0.3 is 15.3 Å². The molecule has 0 aromatic rings. The van der Waals surface area contributed by atoms with Crippen molar-refractivity contribution in [3.63, 3.8) is 0 Å². The van der Waals surface area contributed by atoms with E-state index in [1.807, 2.05) is 13.8 Å². The van der Waals surface area contributed by atoms with E-state index in [0.29, 0.717) is 25.9 Å². The van der Waals surface area contributed by atoms with Gasteiger partial charge in [0.15, 0.2) is 0 Å². The average Bonchev–Trinajstić information content (AvgIpc) is 2.72. The molecule has 5 heteroatoms. The van der Waals surface area contributed by atoms with Crippen molar-refractivity contribution in [2.45, 2.75) is 51.6 Å². The topological polar surface area (TPSA) is 69.6 Å². The first-order valence-corrected chi connectivity index (χ1v) is 6.77. The summed E-state index contributed by atoms with van der Waals surface area (Å²) in [5.74, 6) is -0.278. The van der Waals surface area contributed by atoms with Gasteiger partial charge >= 0.3 is 0 Å². The molecule has 0 saturated heterocycles. The number of nitrogens with zero attached hydrogens (tertiary/aromatic N) is 1. The standard InChI is InChI=1S/C13H24N2O3/c1-3-14-11(16)10-15(4-2)12(17)9-13(18)7-5-6-8-13/h18H,3-10H2,1-2H3,(H,14,16). The number of hydrogen-bond donors (Lipinski definition) is 2. The molecule has 0 unspecified atom stereocenters. The minimum Gasteiger partial charge on any atom is -0.389 e. The van der Waals surface area contributed by atoms with Gasteiger partial charge in [-0.3, -0.25) is 9.59 Å². The molecule has 0 spiro atoms. The van der Waals surface area contributed by atoms with Crippen LogP contribution in [0, 0.1) is 0 Å². The highest BCUT2D eigenvalue weighted by Gasteiger charge is 2.34. The summed E-state index contributed by atoms with van der Waals surface area (Å²) in [6.07, 6.45) is 3.48. The predicted molar refractivity (Wildman–Crippen MR) is 69.0 cm³/mol. The zero-order valence-electron chi connectivity index (χ0n) is 11.4. The molecule has 0 aromatic carbocycles. The SMILES string of the molecule is CCNC(=O)CN(CC)C(=O)CC1(O)CCCC1. The van der Waals surface area contributed by atoms with Crippen molar-refractivity contribution in [1.82, 2.24) is 10.2 Å². The highest BCUT2D eigenvalue weighted by molar-refractivity contribution is 5.85. The van der Waals surface area contributed by atoms with E-state index in [2.05, 4.69) is 5.32 Å². The normalized spacial score (nSPS) is 17.5. The van der Waals surface area contributed by atoms with Gasteiger partial charge in [0.2, 0.25) is 11.8 Å². The van der Waals surface area contributed by atoms with Crippen LogP contribution >= 0.6 is 0 Å². The summed E-state index contributed by atoms with van der Waals surface area (Å²) in [6, 6.07) is 0. The first-order chi connectivity index (χ1) is 8.50. The van der Waals surface area contributed by atoms with Gasteiger partial charge in [0.05, 0.1) is 18.6 Å². The minimum atomic E-state index is -0.842. The van der Waals surface area contributed by atoms with Crippen molar-refractivity contribution < 1.29 is 14.7 Å². The molecule has 1 fully saturated rings. The number of rotatable bonds is 6. The van der Waals surface area contributed by atoms with Crippen LogP contribution in [0.5, 0.6) is 0 Å². The molecule has 0 heterocycles. The number of carbonyl (C=O) groups excluding carboxylic acids is 2. The van der Waals surface area contributed by atoms with Crippen LogP contribution < -0.4 is 5.32 Å². The van der Waals surface area contributed by atoms with Crippen molar-refractivity contribution in [2.75, 3.05) is 19.6 Å². The summed E-state index contributed by atoms with van der Waals surface area (Å²) < 4.78 is 0. The number of carbonyl (C=O) groups is 2. The highest BCUT2D eigenvalue weighted by atomic mass is 16.3. The van der Waals surface area contributed by atoms with Gasteiger partial charge in [-0.25, -0.2) is 0 Å². The number of amides is 2. The van der Waals surface area contributed by atoms with Gasteiger partial charge in [0.1, 0.15) is 0 Å². The lowest BCUT2D eigenvalue weighted by atomic mass is 9.97. The molecular weight excluding hydrogens is 232 g/mol. The lowest BCUT2D eigenvalue weighted by Crippen LogP contribution is -2.43. The van der Waals surface area contributed by atoms with E-state index < -0.39 is 5.60 Å². The van der Waals surface area contributed by atoms with E-state index in [1.165, 1.54) is 4.90 Å². The Morgan fingerprint density at radius 2 is 1.89 bits per heavy atom. The molecule has 0 aliphatic heterocycles. The lowest BCUT2D eigenvalue weighted by molar-refractivity contribution is -0.139.